The van der Waals surface area contributed by atoms with Crippen molar-refractivity contribution in [1.29, 1.82) is 0 Å². The van der Waals surface area contributed by atoms with E-state index in [1.807, 2.05) is 0 Å². The van der Waals surface area contributed by atoms with E-state index in [4.69, 9.17) is 0 Å². The molecule has 0 aromatic rings. The molecule has 1 N–H and O–H groups in total. The number of carbonyl (C=O) groups excluding carboxylic acids is 1. The fraction of sp³-hybridized carbons (Fsp3) is 0.333. The second-order valence-electron chi connectivity index (χ2n) is 2.62. The summed E-state index contributed by atoms with van der Waals surface area (Å²) in [4.78, 5) is 14.6. The number of quaternary nitrogens is 1. The molecular weight excluding hydrogens is 146 g/mol. The van der Waals surface area contributed by atoms with Crippen molar-refractivity contribution in [2.45, 2.75) is 0 Å². The number of hydrogen-bond acceptors (Lipinski definition) is 3. The van der Waals surface area contributed by atoms with Gasteiger partial charge in [-0.05, 0) is 6.08 Å². The summed E-state index contributed by atoms with van der Waals surface area (Å²) >= 11 is 0. The minimum Gasteiger partial charge on any atom is -0.624 e. The molecule has 5 nitrogen and oxygen atoms in total. The quantitative estimate of drug-likeness (QED) is 0.370. The van der Waals surface area contributed by atoms with Gasteiger partial charge in [0.1, 0.15) is 6.54 Å². The number of nitrogens with zero attached hydrogens (tertiary/aromatic N) is 2. The van der Waals surface area contributed by atoms with E-state index in [0.717, 1.165) is 0 Å². The summed E-state index contributed by atoms with van der Waals surface area (Å²) in [5.41, 5.74) is 0. The van der Waals surface area contributed by atoms with Gasteiger partial charge in [-0.3, -0.25) is 14.8 Å². The van der Waals surface area contributed by atoms with Crippen LogP contribution >= 0.6 is 0 Å². The lowest BCUT2D eigenvalue weighted by Gasteiger charge is -2.35. The Labute approximate surface area is 63.2 Å². The van der Waals surface area contributed by atoms with Crippen LogP contribution in [0.25, 0.3) is 0 Å². The molecule has 2 aliphatic rings. The SMILES string of the molecule is O=C1C[N@+]2([O-])CC=CN=C2N1. The zero-order valence-corrected chi connectivity index (χ0v) is 5.78. The minimum atomic E-state index is -0.644. The topological polar surface area (TPSA) is 64.5 Å². The molecule has 5 heteroatoms. The average Bonchev–Trinajstić information content (AvgIpc) is 2.22. The van der Waals surface area contributed by atoms with Gasteiger partial charge in [-0.1, -0.05) is 0 Å². The number of aliphatic imine (C=N–C) groups is 1. The number of carbonyl (C=O) groups is 1. The predicted molar refractivity (Wildman–Crippen MR) is 38.1 cm³/mol. The molecule has 2 heterocycles. The van der Waals surface area contributed by atoms with Crippen molar-refractivity contribution in [3.05, 3.63) is 17.5 Å². The zero-order chi connectivity index (χ0) is 7.90. The largest absolute Gasteiger partial charge is 0.624 e. The van der Waals surface area contributed by atoms with E-state index in [1.165, 1.54) is 6.20 Å². The number of nitrogens with one attached hydrogen (secondary N) is 1. The van der Waals surface area contributed by atoms with E-state index >= 15 is 0 Å². The zero-order valence-electron chi connectivity index (χ0n) is 5.78. The maximum Gasteiger partial charge on any atom is 0.309 e. The first-order valence-electron chi connectivity index (χ1n) is 3.32. The van der Waals surface area contributed by atoms with Gasteiger partial charge in [-0.25, -0.2) is 0 Å². The Kier molecular flexibility index (Phi) is 1.12. The molecule has 0 aliphatic carbocycles. The highest BCUT2D eigenvalue weighted by atomic mass is 16.6. The Morgan fingerprint density at radius 3 is 3.27 bits per heavy atom. The van der Waals surface area contributed by atoms with Gasteiger partial charge in [-0.15, -0.1) is 0 Å². The van der Waals surface area contributed by atoms with Crippen LogP contribution in [0.4, 0.5) is 0 Å². The standard InChI is InChI=1S/C6H7N3O2/c10-5-4-9(11)3-1-2-7-6(9)8-5/h1-2H,3-4H2,(H,7,8,10)/t9-/m1/s1. The van der Waals surface area contributed by atoms with Crippen LogP contribution in [0.1, 0.15) is 0 Å². The van der Waals surface area contributed by atoms with E-state index in [2.05, 4.69) is 10.3 Å². The summed E-state index contributed by atoms with van der Waals surface area (Å²) in [6.07, 6.45) is 3.20. The first-order chi connectivity index (χ1) is 5.21. The monoisotopic (exact) mass is 153 g/mol. The smallest absolute Gasteiger partial charge is 0.309 e. The summed E-state index contributed by atoms with van der Waals surface area (Å²) in [6.45, 7) is 0.265. The summed E-state index contributed by atoms with van der Waals surface area (Å²) in [6, 6.07) is 0. The maximum atomic E-state index is 11.6. The van der Waals surface area contributed by atoms with E-state index in [9.17, 15) is 10.0 Å². The normalized spacial score (nSPS) is 34.6. The fourth-order valence-electron chi connectivity index (χ4n) is 1.20. The van der Waals surface area contributed by atoms with Crippen LogP contribution in [0.2, 0.25) is 0 Å². The van der Waals surface area contributed by atoms with Crippen molar-refractivity contribution in [3.63, 3.8) is 0 Å². The first kappa shape index (κ1) is 6.51. The summed E-state index contributed by atoms with van der Waals surface area (Å²) < 4.78 is -0.644. The van der Waals surface area contributed by atoms with Crippen LogP contribution in [-0.4, -0.2) is 29.6 Å². The lowest BCUT2D eigenvalue weighted by Crippen LogP contribution is -2.47. The second-order valence-corrected chi connectivity index (χ2v) is 2.62. The molecule has 2 aliphatic heterocycles. The highest BCUT2D eigenvalue weighted by Crippen LogP contribution is 2.14. The molecule has 1 fully saturated rings. The van der Waals surface area contributed by atoms with Gasteiger partial charge in [0.2, 0.25) is 0 Å². The van der Waals surface area contributed by atoms with Crippen molar-refractivity contribution in [1.82, 2.24) is 5.32 Å². The van der Waals surface area contributed by atoms with Gasteiger partial charge in [0.05, 0.1) is 0 Å². The Morgan fingerprint density at radius 2 is 2.55 bits per heavy atom. The van der Waals surface area contributed by atoms with Gasteiger partial charge >= 0.3 is 5.96 Å². The molecule has 2 rings (SSSR count). The van der Waals surface area contributed by atoms with Crippen molar-refractivity contribution >= 4 is 11.9 Å². The summed E-state index contributed by atoms with van der Waals surface area (Å²) in [5, 5.41) is 14.0. The van der Waals surface area contributed by atoms with E-state index in [0.29, 0.717) is 6.54 Å². The van der Waals surface area contributed by atoms with E-state index < -0.39 is 4.65 Å². The molecule has 0 saturated carbocycles. The highest BCUT2D eigenvalue weighted by molar-refractivity contribution is 6.00. The minimum absolute atomic E-state index is 0.0385. The van der Waals surface area contributed by atoms with Crippen molar-refractivity contribution in [2.75, 3.05) is 13.1 Å². The third kappa shape index (κ3) is 0.856. The van der Waals surface area contributed by atoms with E-state index in [1.54, 1.807) is 6.08 Å². The fourth-order valence-corrected chi connectivity index (χ4v) is 1.20. The van der Waals surface area contributed by atoms with Gasteiger partial charge < -0.3 is 5.21 Å². The number of rotatable bonds is 0. The third-order valence-corrected chi connectivity index (χ3v) is 1.74. The van der Waals surface area contributed by atoms with Crippen LogP contribution < -0.4 is 5.32 Å². The Bertz CT molecular complexity index is 271. The Morgan fingerprint density at radius 1 is 1.73 bits per heavy atom. The molecule has 0 aromatic carbocycles. The molecule has 0 unspecified atom stereocenters. The predicted octanol–water partition coefficient (Wildman–Crippen LogP) is -0.686. The van der Waals surface area contributed by atoms with Gasteiger partial charge in [-0.2, -0.15) is 4.99 Å². The van der Waals surface area contributed by atoms with Gasteiger partial charge in [0, 0.05) is 6.20 Å². The molecule has 0 bridgehead atoms. The molecule has 0 spiro atoms. The highest BCUT2D eigenvalue weighted by Gasteiger charge is 2.37. The molecule has 58 valence electrons. The Balaban J connectivity index is 2.37. The third-order valence-electron chi connectivity index (χ3n) is 1.74. The lowest BCUT2D eigenvalue weighted by atomic mass is 10.4. The first-order valence-corrected chi connectivity index (χ1v) is 3.32. The number of guanidine groups is 1. The molecule has 1 atom stereocenters. The van der Waals surface area contributed by atoms with Crippen molar-refractivity contribution < 1.29 is 9.44 Å². The maximum absolute atomic E-state index is 11.6. The van der Waals surface area contributed by atoms with Crippen molar-refractivity contribution in [3.8, 4) is 0 Å². The summed E-state index contributed by atoms with van der Waals surface area (Å²) in [7, 11) is 0. The Hall–Kier alpha value is -1.20. The number of fused-ring (bicyclic) bond motifs is 1. The van der Waals surface area contributed by atoms with E-state index in [-0.39, 0.29) is 18.4 Å². The molecular formula is C6H7N3O2. The van der Waals surface area contributed by atoms with Crippen LogP contribution in [0, 0.1) is 5.21 Å². The number of hydrogen-bond donors (Lipinski definition) is 1. The molecule has 0 radical (unpaired) electrons. The molecule has 1 amide bonds. The number of hydroxylamine groups is 3. The van der Waals surface area contributed by atoms with Crippen LogP contribution in [0.5, 0.6) is 0 Å². The second kappa shape index (κ2) is 1.90. The van der Waals surface area contributed by atoms with Gasteiger partial charge in [0.25, 0.3) is 5.91 Å². The van der Waals surface area contributed by atoms with Crippen LogP contribution in [0.15, 0.2) is 17.3 Å². The molecule has 11 heavy (non-hydrogen) atoms. The van der Waals surface area contributed by atoms with Crippen molar-refractivity contribution in [2.24, 2.45) is 4.99 Å². The number of amides is 1. The van der Waals surface area contributed by atoms with Crippen LogP contribution in [-0.2, 0) is 4.79 Å². The molecule has 1 saturated heterocycles. The lowest BCUT2D eigenvalue weighted by molar-refractivity contribution is -0.770. The van der Waals surface area contributed by atoms with Gasteiger partial charge in [0.15, 0.2) is 6.54 Å². The average molecular weight is 153 g/mol. The molecule has 0 aromatic heterocycles. The van der Waals surface area contributed by atoms with Crippen LogP contribution in [0.3, 0.4) is 0 Å². The summed E-state index contributed by atoms with van der Waals surface area (Å²) in [5.74, 6) is -0.0278.